The van der Waals surface area contributed by atoms with Crippen molar-refractivity contribution in [2.24, 2.45) is 0 Å². The lowest BCUT2D eigenvalue weighted by Crippen LogP contribution is -2.22. The maximum absolute atomic E-state index is 11.8. The predicted molar refractivity (Wildman–Crippen MR) is 71.0 cm³/mol. The molecule has 0 bridgehead atoms. The van der Waals surface area contributed by atoms with Crippen LogP contribution in [0.4, 0.5) is 0 Å². The monoisotopic (exact) mass is 323 g/mol. The Balaban J connectivity index is 2.01. The number of carboxylic acids is 1. The lowest BCUT2D eigenvalue weighted by atomic mass is 10.2. The Labute approximate surface area is 117 Å². The van der Waals surface area contributed by atoms with Gasteiger partial charge in [-0.05, 0) is 23.8 Å². The molecule has 0 fully saturated rings. The van der Waals surface area contributed by atoms with Crippen molar-refractivity contribution in [1.82, 2.24) is 5.32 Å². The molecule has 1 aromatic carbocycles. The largest absolute Gasteiger partial charge is 0.475 e. The molecule has 2 rings (SSSR count). The highest BCUT2D eigenvalue weighted by molar-refractivity contribution is 9.10. The Morgan fingerprint density at radius 2 is 1.84 bits per heavy atom. The van der Waals surface area contributed by atoms with Gasteiger partial charge in [0.05, 0.1) is 0 Å². The molecule has 2 aromatic rings. The number of aromatic carboxylic acids is 1. The molecule has 0 spiro atoms. The Morgan fingerprint density at radius 1 is 1.16 bits per heavy atom. The molecule has 0 aliphatic heterocycles. The smallest absolute Gasteiger partial charge is 0.371 e. The van der Waals surface area contributed by atoms with E-state index < -0.39 is 11.9 Å². The molecular weight excluding hydrogens is 314 g/mol. The van der Waals surface area contributed by atoms with E-state index in [1.165, 1.54) is 12.1 Å². The van der Waals surface area contributed by atoms with Crippen LogP contribution in [0.5, 0.6) is 0 Å². The van der Waals surface area contributed by atoms with Crippen molar-refractivity contribution in [2.45, 2.75) is 6.54 Å². The number of furan rings is 1. The van der Waals surface area contributed by atoms with Gasteiger partial charge in [-0.2, -0.15) is 0 Å². The van der Waals surface area contributed by atoms with E-state index in [-0.39, 0.29) is 11.5 Å². The Bertz CT molecular complexity index is 621. The Hall–Kier alpha value is -2.08. The molecule has 1 aromatic heterocycles. The molecular formula is C13H10BrNO4. The first-order valence-electron chi connectivity index (χ1n) is 5.42. The molecule has 0 unspecified atom stereocenters. The molecule has 0 saturated heterocycles. The highest BCUT2D eigenvalue weighted by atomic mass is 79.9. The molecule has 0 aliphatic carbocycles. The van der Waals surface area contributed by atoms with E-state index in [0.717, 1.165) is 10.0 Å². The van der Waals surface area contributed by atoms with Gasteiger partial charge in [-0.3, -0.25) is 4.79 Å². The van der Waals surface area contributed by atoms with E-state index in [1.54, 1.807) is 0 Å². The van der Waals surface area contributed by atoms with Gasteiger partial charge in [-0.15, -0.1) is 0 Å². The van der Waals surface area contributed by atoms with Crippen LogP contribution < -0.4 is 5.32 Å². The molecule has 6 heteroatoms. The fourth-order valence-corrected chi connectivity index (χ4v) is 1.90. The van der Waals surface area contributed by atoms with Gasteiger partial charge in [0.15, 0.2) is 5.76 Å². The summed E-state index contributed by atoms with van der Waals surface area (Å²) in [6.45, 7) is 0.323. The fraction of sp³-hybridized carbons (Fsp3) is 0.0769. The van der Waals surface area contributed by atoms with Crippen molar-refractivity contribution in [3.8, 4) is 0 Å². The summed E-state index contributed by atoms with van der Waals surface area (Å²) < 4.78 is 5.79. The summed E-state index contributed by atoms with van der Waals surface area (Å²) in [5, 5.41) is 11.3. The quantitative estimate of drug-likeness (QED) is 0.906. The highest BCUT2D eigenvalue weighted by Crippen LogP contribution is 2.15. The lowest BCUT2D eigenvalue weighted by molar-refractivity contribution is 0.0659. The van der Waals surface area contributed by atoms with Gasteiger partial charge >= 0.3 is 5.97 Å². The van der Waals surface area contributed by atoms with Gasteiger partial charge in [-0.1, -0.05) is 34.1 Å². The minimum Gasteiger partial charge on any atom is -0.475 e. The number of benzene rings is 1. The molecule has 1 amide bonds. The minimum atomic E-state index is -1.20. The van der Waals surface area contributed by atoms with Crippen LogP contribution in [0.3, 0.4) is 0 Å². The van der Waals surface area contributed by atoms with Crippen LogP contribution in [0.1, 0.15) is 26.7 Å². The topological polar surface area (TPSA) is 79.5 Å². The summed E-state index contributed by atoms with van der Waals surface area (Å²) in [6, 6.07) is 10.1. The molecule has 0 radical (unpaired) electrons. The van der Waals surface area contributed by atoms with Crippen molar-refractivity contribution in [3.05, 3.63) is 58.0 Å². The summed E-state index contributed by atoms with van der Waals surface area (Å²) in [4.78, 5) is 22.4. The molecule has 19 heavy (non-hydrogen) atoms. The van der Waals surface area contributed by atoms with Gasteiger partial charge < -0.3 is 14.8 Å². The maximum atomic E-state index is 11.8. The normalized spacial score (nSPS) is 10.2. The average Bonchev–Trinajstić information content (AvgIpc) is 2.87. The first kappa shape index (κ1) is 13.4. The molecule has 5 nitrogen and oxygen atoms in total. The van der Waals surface area contributed by atoms with Crippen LogP contribution >= 0.6 is 15.9 Å². The Kier molecular flexibility index (Phi) is 4.01. The maximum Gasteiger partial charge on any atom is 0.371 e. The molecule has 1 heterocycles. The van der Waals surface area contributed by atoms with E-state index in [9.17, 15) is 9.59 Å². The zero-order valence-corrected chi connectivity index (χ0v) is 11.3. The number of hydrogen-bond acceptors (Lipinski definition) is 3. The lowest BCUT2D eigenvalue weighted by Gasteiger charge is -2.05. The van der Waals surface area contributed by atoms with E-state index in [4.69, 9.17) is 9.52 Å². The van der Waals surface area contributed by atoms with E-state index in [1.807, 2.05) is 24.3 Å². The second-order valence-corrected chi connectivity index (χ2v) is 4.60. The second-order valence-electron chi connectivity index (χ2n) is 3.74. The van der Waals surface area contributed by atoms with Crippen molar-refractivity contribution < 1.29 is 19.1 Å². The SMILES string of the molecule is O=C(O)c1ccc(C(=O)NCc2ccccc2Br)o1. The minimum absolute atomic E-state index is 0.0237. The summed E-state index contributed by atoms with van der Waals surface area (Å²) >= 11 is 3.37. The van der Waals surface area contributed by atoms with Crippen LogP contribution in [0.2, 0.25) is 0 Å². The highest BCUT2D eigenvalue weighted by Gasteiger charge is 2.14. The van der Waals surface area contributed by atoms with Crippen LogP contribution in [0.25, 0.3) is 0 Å². The van der Waals surface area contributed by atoms with Crippen molar-refractivity contribution in [1.29, 1.82) is 0 Å². The number of hydrogen-bond donors (Lipinski definition) is 2. The van der Waals surface area contributed by atoms with Crippen LogP contribution in [-0.2, 0) is 6.54 Å². The third kappa shape index (κ3) is 3.23. The summed E-state index contributed by atoms with van der Waals surface area (Å²) in [6.07, 6.45) is 0. The number of nitrogens with one attached hydrogen (secondary N) is 1. The fourth-order valence-electron chi connectivity index (χ4n) is 1.48. The van der Waals surface area contributed by atoms with Gasteiger partial charge in [-0.25, -0.2) is 4.79 Å². The average molecular weight is 324 g/mol. The number of halogens is 1. The predicted octanol–water partition coefficient (Wildman–Crippen LogP) is 2.67. The van der Waals surface area contributed by atoms with Gasteiger partial charge in [0, 0.05) is 11.0 Å². The van der Waals surface area contributed by atoms with Crippen molar-refractivity contribution in [3.63, 3.8) is 0 Å². The number of carboxylic acid groups (broad SMARTS) is 1. The summed E-state index contributed by atoms with van der Waals surface area (Å²) in [5.74, 6) is -1.94. The van der Waals surface area contributed by atoms with Crippen LogP contribution in [-0.4, -0.2) is 17.0 Å². The first-order chi connectivity index (χ1) is 9.08. The van der Waals surface area contributed by atoms with Crippen LogP contribution in [0.15, 0.2) is 45.3 Å². The molecule has 0 saturated carbocycles. The van der Waals surface area contributed by atoms with Crippen molar-refractivity contribution >= 4 is 27.8 Å². The summed E-state index contributed by atoms with van der Waals surface area (Å²) in [7, 11) is 0. The van der Waals surface area contributed by atoms with Gasteiger partial charge in [0.2, 0.25) is 5.76 Å². The number of rotatable bonds is 4. The number of carbonyl (C=O) groups is 2. The van der Waals surface area contributed by atoms with Crippen molar-refractivity contribution in [2.75, 3.05) is 0 Å². The van der Waals surface area contributed by atoms with Crippen LogP contribution in [0, 0.1) is 0 Å². The number of amides is 1. The third-order valence-corrected chi connectivity index (χ3v) is 3.21. The van der Waals surface area contributed by atoms with E-state index >= 15 is 0 Å². The molecule has 2 N–H and O–H groups in total. The van der Waals surface area contributed by atoms with Gasteiger partial charge in [0.1, 0.15) is 0 Å². The zero-order valence-electron chi connectivity index (χ0n) is 9.72. The molecule has 0 atom stereocenters. The summed E-state index contributed by atoms with van der Waals surface area (Å²) in [5.41, 5.74) is 0.917. The molecule has 98 valence electrons. The van der Waals surface area contributed by atoms with Gasteiger partial charge in [0.25, 0.3) is 5.91 Å². The van der Waals surface area contributed by atoms with E-state index in [0.29, 0.717) is 6.54 Å². The third-order valence-electron chi connectivity index (χ3n) is 2.44. The molecule has 0 aliphatic rings. The van der Waals surface area contributed by atoms with E-state index in [2.05, 4.69) is 21.2 Å². The Morgan fingerprint density at radius 3 is 2.47 bits per heavy atom. The second kappa shape index (κ2) is 5.71. The first-order valence-corrected chi connectivity index (χ1v) is 6.22. The standard InChI is InChI=1S/C13H10BrNO4/c14-9-4-2-1-3-8(9)7-15-12(16)10-5-6-11(19-10)13(17)18/h1-6H,7H2,(H,15,16)(H,17,18). The number of carbonyl (C=O) groups excluding carboxylic acids is 1. The zero-order chi connectivity index (χ0) is 13.8.